The maximum atomic E-state index is 14.1. The Morgan fingerprint density at radius 2 is 1.63 bits per heavy atom. The van der Waals surface area contributed by atoms with Crippen molar-refractivity contribution in [1.29, 1.82) is 5.53 Å². The molecule has 38 heavy (non-hydrogen) atoms. The molecule has 0 unspecified atom stereocenters. The molecule has 0 aromatic heterocycles. The van der Waals surface area contributed by atoms with Gasteiger partial charge in [0.25, 0.3) is 17.8 Å². The van der Waals surface area contributed by atoms with E-state index in [-0.39, 0.29) is 23.3 Å². The summed E-state index contributed by atoms with van der Waals surface area (Å²) in [7, 11) is 0. The van der Waals surface area contributed by atoms with Crippen molar-refractivity contribution < 1.29 is 9.59 Å². The summed E-state index contributed by atoms with van der Waals surface area (Å²) in [6.45, 7) is 7.35. The number of nitrogens with two attached hydrogens (primary N) is 1. The summed E-state index contributed by atoms with van der Waals surface area (Å²) in [5, 5.41) is 10.7. The number of guanidine groups is 1. The zero-order chi connectivity index (χ0) is 27.3. The number of benzene rings is 3. The predicted molar refractivity (Wildman–Crippen MR) is 150 cm³/mol. The predicted octanol–water partition coefficient (Wildman–Crippen LogP) is 6.08. The Bertz CT molecular complexity index is 1330. The third kappa shape index (κ3) is 6.07. The van der Waals surface area contributed by atoms with Crippen LogP contribution in [0.25, 0.3) is 10.8 Å². The van der Waals surface area contributed by atoms with Crippen molar-refractivity contribution in [3.8, 4) is 0 Å². The zero-order valence-electron chi connectivity index (χ0n) is 22.3. The van der Waals surface area contributed by atoms with Crippen LogP contribution < -0.4 is 11.2 Å². The van der Waals surface area contributed by atoms with Crippen molar-refractivity contribution in [2.75, 3.05) is 0 Å². The maximum Gasteiger partial charge on any atom is 0.265 e. The van der Waals surface area contributed by atoms with Crippen LogP contribution in [0.5, 0.6) is 0 Å². The number of hydrazone groups is 1. The minimum absolute atomic E-state index is 0.0312. The molecule has 0 atom stereocenters. The molecule has 1 aliphatic carbocycles. The van der Waals surface area contributed by atoms with Gasteiger partial charge in [0.05, 0.1) is 0 Å². The van der Waals surface area contributed by atoms with E-state index in [0.29, 0.717) is 23.6 Å². The molecular weight excluding hydrogens is 476 g/mol. The largest absolute Gasteiger partial charge is 0.331 e. The summed E-state index contributed by atoms with van der Waals surface area (Å²) in [4.78, 5) is 28.6. The van der Waals surface area contributed by atoms with Crippen molar-refractivity contribution >= 4 is 28.5 Å². The van der Waals surface area contributed by atoms with Gasteiger partial charge in [0.1, 0.15) is 0 Å². The van der Waals surface area contributed by atoms with Crippen molar-refractivity contribution in [3.05, 3.63) is 83.4 Å². The molecule has 8 nitrogen and oxygen atoms in total. The molecule has 4 N–H and O–H groups in total. The van der Waals surface area contributed by atoms with Gasteiger partial charge in [0.15, 0.2) is 0 Å². The Balaban J connectivity index is 1.60. The third-order valence-electron chi connectivity index (χ3n) is 7.67. The second kappa shape index (κ2) is 11.5. The summed E-state index contributed by atoms with van der Waals surface area (Å²) in [6.07, 6.45) is 4.13. The van der Waals surface area contributed by atoms with E-state index in [1.54, 1.807) is 12.1 Å². The van der Waals surface area contributed by atoms with Gasteiger partial charge < -0.3 is 10.7 Å². The normalized spacial score (nSPS) is 18.1. The molecule has 4 rings (SSSR count). The Kier molecular flexibility index (Phi) is 8.20. The van der Waals surface area contributed by atoms with Crippen LogP contribution >= 0.6 is 0 Å². The molecule has 0 bridgehead atoms. The molecule has 3 aromatic rings. The molecule has 0 aliphatic heterocycles. The van der Waals surface area contributed by atoms with Gasteiger partial charge in [0.2, 0.25) is 0 Å². The van der Waals surface area contributed by atoms with Gasteiger partial charge in [-0.1, -0.05) is 69.3 Å². The quantitative estimate of drug-likeness (QED) is 0.126. The second-order valence-electron chi connectivity index (χ2n) is 11.0. The van der Waals surface area contributed by atoms with E-state index in [1.165, 1.54) is 0 Å². The Labute approximate surface area is 223 Å². The van der Waals surface area contributed by atoms with Crippen LogP contribution in [-0.4, -0.2) is 28.7 Å². The smallest absolute Gasteiger partial charge is 0.265 e. The first kappa shape index (κ1) is 27.0. The highest BCUT2D eigenvalue weighted by atomic mass is 16.2. The number of fused-ring (bicyclic) bond motifs is 1. The summed E-state index contributed by atoms with van der Waals surface area (Å²) >= 11 is 0. The molecule has 1 saturated carbocycles. The highest BCUT2D eigenvalue weighted by Gasteiger charge is 2.34. The highest BCUT2D eigenvalue weighted by molar-refractivity contribution is 6.07. The molecule has 3 aromatic carbocycles. The van der Waals surface area contributed by atoms with Crippen LogP contribution in [0.4, 0.5) is 0 Å². The Morgan fingerprint density at radius 1 is 0.974 bits per heavy atom. The van der Waals surface area contributed by atoms with Crippen LogP contribution in [0.3, 0.4) is 0 Å². The topological polar surface area (TPSA) is 124 Å². The summed E-state index contributed by atoms with van der Waals surface area (Å²) in [6, 6.07) is 21.1. The van der Waals surface area contributed by atoms with Crippen LogP contribution in [0.2, 0.25) is 0 Å². The standard InChI is InChI=1S/C30H36N6O2/c1-30(2,3)23-15-17-24(18-16-23)36(28(38)26-10-6-8-21-7-4-5-9-25(21)26)19-20-11-13-22(14-12-20)27(37)33-29(34-31)35-32/h4-14,23-24,31H,15-19,32H2,1-3H3,(H,33,35,37). The number of amides is 2. The molecule has 0 saturated heterocycles. The van der Waals surface area contributed by atoms with Gasteiger partial charge >= 0.3 is 0 Å². The lowest BCUT2D eigenvalue weighted by molar-refractivity contribution is 0.0532. The minimum atomic E-state index is -0.457. The first-order valence-electron chi connectivity index (χ1n) is 13.1. The highest BCUT2D eigenvalue weighted by Crippen LogP contribution is 2.39. The van der Waals surface area contributed by atoms with Crippen molar-refractivity contribution in [1.82, 2.24) is 10.2 Å². The molecule has 0 radical (unpaired) electrons. The molecule has 8 heteroatoms. The van der Waals surface area contributed by atoms with Gasteiger partial charge in [-0.15, -0.1) is 10.2 Å². The molecular formula is C30H36N6O2. The van der Waals surface area contributed by atoms with Gasteiger partial charge in [-0.25, -0.2) is 5.53 Å². The fourth-order valence-corrected chi connectivity index (χ4v) is 5.41. The van der Waals surface area contributed by atoms with Crippen molar-refractivity contribution in [2.24, 2.45) is 27.4 Å². The van der Waals surface area contributed by atoms with E-state index < -0.39 is 5.91 Å². The molecule has 1 aliphatic rings. The van der Waals surface area contributed by atoms with Gasteiger partial charge in [-0.2, -0.15) is 0 Å². The average molecular weight is 513 g/mol. The number of hydrogen-bond acceptors (Lipinski definition) is 5. The lowest BCUT2D eigenvalue weighted by Gasteiger charge is -2.41. The van der Waals surface area contributed by atoms with E-state index in [0.717, 1.165) is 42.0 Å². The molecule has 2 amide bonds. The van der Waals surface area contributed by atoms with E-state index in [2.05, 4.69) is 36.3 Å². The fourth-order valence-electron chi connectivity index (χ4n) is 5.41. The third-order valence-corrected chi connectivity index (χ3v) is 7.67. The van der Waals surface area contributed by atoms with E-state index in [4.69, 9.17) is 11.4 Å². The summed E-state index contributed by atoms with van der Waals surface area (Å²) < 4.78 is 0. The molecule has 0 spiro atoms. The Morgan fingerprint density at radius 3 is 2.26 bits per heavy atom. The minimum Gasteiger partial charge on any atom is -0.331 e. The second-order valence-corrected chi connectivity index (χ2v) is 11.0. The SMILES string of the molecule is CC(C)(C)C1CCC(N(Cc2ccc(C(=O)N/C(N=N)=N/N)cc2)C(=O)c2cccc3ccccc23)CC1. The van der Waals surface area contributed by atoms with Crippen molar-refractivity contribution in [2.45, 2.75) is 59.0 Å². The maximum absolute atomic E-state index is 14.1. The van der Waals surface area contributed by atoms with Gasteiger partial charge in [0, 0.05) is 23.7 Å². The van der Waals surface area contributed by atoms with Crippen LogP contribution in [0, 0.1) is 16.9 Å². The van der Waals surface area contributed by atoms with Crippen LogP contribution in [0.1, 0.15) is 72.7 Å². The van der Waals surface area contributed by atoms with Crippen LogP contribution in [0.15, 0.2) is 76.9 Å². The first-order chi connectivity index (χ1) is 18.2. The fraction of sp³-hybridized carbons (Fsp3) is 0.367. The number of rotatable bonds is 5. The number of carbonyl (C=O) groups is 2. The number of carbonyl (C=O) groups excluding carboxylic acids is 2. The first-order valence-corrected chi connectivity index (χ1v) is 13.1. The molecule has 198 valence electrons. The number of nitrogens with one attached hydrogen (secondary N) is 2. The monoisotopic (exact) mass is 512 g/mol. The van der Waals surface area contributed by atoms with E-state index >= 15 is 0 Å². The average Bonchev–Trinajstić information content (AvgIpc) is 2.93. The van der Waals surface area contributed by atoms with Gasteiger partial charge in [-0.05, 0) is 71.6 Å². The lowest BCUT2D eigenvalue weighted by atomic mass is 9.71. The molecule has 0 heterocycles. The summed E-state index contributed by atoms with van der Waals surface area (Å²) in [5.41, 5.74) is 9.29. The van der Waals surface area contributed by atoms with E-state index in [9.17, 15) is 9.59 Å². The number of nitrogens with zero attached hydrogens (tertiary/aromatic N) is 3. The van der Waals surface area contributed by atoms with Crippen LogP contribution in [-0.2, 0) is 6.54 Å². The van der Waals surface area contributed by atoms with Crippen molar-refractivity contribution in [3.63, 3.8) is 0 Å². The lowest BCUT2D eigenvalue weighted by Crippen LogP contribution is -2.43. The molecule has 1 fully saturated rings. The van der Waals surface area contributed by atoms with Gasteiger partial charge in [-0.3, -0.25) is 14.9 Å². The van der Waals surface area contributed by atoms with E-state index in [1.807, 2.05) is 59.5 Å². The zero-order valence-corrected chi connectivity index (χ0v) is 22.3. The summed E-state index contributed by atoms with van der Waals surface area (Å²) in [5.74, 6) is 5.07. The Hall–Kier alpha value is -4.07. The number of hydrogen-bond donors (Lipinski definition) is 3.